The normalized spacial score (nSPS) is 18.4. The number of carbonyl (C=O) groups excluding carboxylic acids is 2. The molecule has 5 rings (SSSR count). The van der Waals surface area contributed by atoms with Crippen LogP contribution in [0.3, 0.4) is 0 Å². The molecular weight excluding hydrogens is 422 g/mol. The molecule has 1 atom stereocenters. The number of carbonyl (C=O) groups is 2. The molecule has 3 aromatic rings. The number of morpholine rings is 1. The molecule has 7 heteroatoms. The van der Waals surface area contributed by atoms with Crippen molar-refractivity contribution in [3.05, 3.63) is 63.7 Å². The SMILES string of the molecule is CN(C)C(=O)c1sc2ncccc2c1[C@H]1CN(C(=O)c2ccc3c(c2)CCCC3)CCO1. The molecule has 1 fully saturated rings. The molecule has 1 aliphatic heterocycles. The first-order valence-electron chi connectivity index (χ1n) is 11.1. The van der Waals surface area contributed by atoms with E-state index in [4.69, 9.17) is 4.74 Å². The van der Waals surface area contributed by atoms with Gasteiger partial charge in [0.05, 0.1) is 13.2 Å². The Morgan fingerprint density at radius 2 is 1.97 bits per heavy atom. The highest BCUT2D eigenvalue weighted by Crippen LogP contribution is 2.38. The zero-order valence-corrected chi connectivity index (χ0v) is 19.3. The van der Waals surface area contributed by atoms with Crippen molar-refractivity contribution in [2.45, 2.75) is 31.8 Å². The third-order valence-corrected chi connectivity index (χ3v) is 7.49. The first-order chi connectivity index (χ1) is 15.5. The topological polar surface area (TPSA) is 62.7 Å². The number of rotatable bonds is 3. The van der Waals surface area contributed by atoms with E-state index in [0.29, 0.717) is 24.6 Å². The Labute approximate surface area is 191 Å². The van der Waals surface area contributed by atoms with E-state index in [1.807, 2.05) is 23.1 Å². The smallest absolute Gasteiger partial charge is 0.263 e. The van der Waals surface area contributed by atoms with Crippen LogP contribution in [0.5, 0.6) is 0 Å². The molecule has 2 aromatic heterocycles. The highest BCUT2D eigenvalue weighted by Gasteiger charge is 2.32. The Morgan fingerprint density at radius 3 is 2.78 bits per heavy atom. The highest BCUT2D eigenvalue weighted by atomic mass is 32.1. The number of thiophene rings is 1. The van der Waals surface area contributed by atoms with Gasteiger partial charge < -0.3 is 14.5 Å². The first kappa shape index (κ1) is 21.1. The standard InChI is InChI=1S/C25H27N3O3S/c1-27(2)25(30)22-21(19-8-5-11-26-23(19)32-22)20-15-28(12-13-31-20)24(29)18-10-9-16-6-3-4-7-17(16)14-18/h5,8-11,14,20H,3-4,6-7,12-13,15H2,1-2H3/t20-/m1/s1. The maximum absolute atomic E-state index is 13.4. The van der Waals surface area contributed by atoms with Crippen molar-refractivity contribution in [3.8, 4) is 0 Å². The molecule has 0 radical (unpaired) electrons. The predicted molar refractivity (Wildman–Crippen MR) is 125 cm³/mol. The molecule has 6 nitrogen and oxygen atoms in total. The summed E-state index contributed by atoms with van der Waals surface area (Å²) < 4.78 is 6.12. The number of hydrogen-bond donors (Lipinski definition) is 0. The van der Waals surface area contributed by atoms with E-state index in [0.717, 1.165) is 34.2 Å². The molecule has 2 amide bonds. The summed E-state index contributed by atoms with van der Waals surface area (Å²) in [7, 11) is 3.50. The molecule has 1 saturated heterocycles. The second kappa shape index (κ2) is 8.64. The summed E-state index contributed by atoms with van der Waals surface area (Å²) in [6.45, 7) is 1.41. The molecule has 32 heavy (non-hydrogen) atoms. The van der Waals surface area contributed by atoms with Gasteiger partial charge in [-0.15, -0.1) is 11.3 Å². The fraction of sp³-hybridized carbons (Fsp3) is 0.400. The third kappa shape index (κ3) is 3.80. The zero-order chi connectivity index (χ0) is 22.2. The summed E-state index contributed by atoms with van der Waals surface area (Å²) in [5.41, 5.74) is 4.27. The van der Waals surface area contributed by atoms with Gasteiger partial charge in [0, 0.05) is 43.4 Å². The number of nitrogens with zero attached hydrogens (tertiary/aromatic N) is 3. The number of amides is 2. The first-order valence-corrected chi connectivity index (χ1v) is 12.0. The van der Waals surface area contributed by atoms with E-state index in [1.54, 1.807) is 25.2 Å². The Kier molecular flexibility index (Phi) is 5.69. The van der Waals surface area contributed by atoms with Gasteiger partial charge in [0.15, 0.2) is 0 Å². The van der Waals surface area contributed by atoms with Gasteiger partial charge in [-0.25, -0.2) is 4.98 Å². The van der Waals surface area contributed by atoms with E-state index >= 15 is 0 Å². The number of benzene rings is 1. The van der Waals surface area contributed by atoms with Gasteiger partial charge in [-0.2, -0.15) is 0 Å². The number of aromatic nitrogens is 1. The maximum atomic E-state index is 13.4. The molecule has 0 unspecified atom stereocenters. The van der Waals surface area contributed by atoms with E-state index < -0.39 is 0 Å². The molecule has 0 saturated carbocycles. The van der Waals surface area contributed by atoms with Crippen LogP contribution in [-0.2, 0) is 17.6 Å². The number of ether oxygens (including phenoxy) is 1. The summed E-state index contributed by atoms with van der Waals surface area (Å²) in [5, 5.41) is 0.927. The molecular formula is C25H27N3O3S. The van der Waals surface area contributed by atoms with Gasteiger partial charge >= 0.3 is 0 Å². The minimum atomic E-state index is -0.359. The van der Waals surface area contributed by atoms with Gasteiger partial charge in [0.2, 0.25) is 0 Å². The largest absolute Gasteiger partial charge is 0.370 e. The molecule has 2 aliphatic rings. The molecule has 0 N–H and O–H groups in total. The minimum absolute atomic E-state index is 0.0322. The second-order valence-corrected chi connectivity index (χ2v) is 9.70. The van der Waals surface area contributed by atoms with Crippen LogP contribution in [0.4, 0.5) is 0 Å². The van der Waals surface area contributed by atoms with Crippen LogP contribution in [-0.4, -0.2) is 60.4 Å². The van der Waals surface area contributed by atoms with Crippen molar-refractivity contribution < 1.29 is 14.3 Å². The molecule has 0 spiro atoms. The monoisotopic (exact) mass is 449 g/mol. The van der Waals surface area contributed by atoms with Gasteiger partial charge in [-0.1, -0.05) is 12.1 Å². The van der Waals surface area contributed by atoms with Crippen LogP contribution in [0, 0.1) is 0 Å². The Bertz CT molecular complexity index is 1190. The lowest BCUT2D eigenvalue weighted by Gasteiger charge is -2.34. The van der Waals surface area contributed by atoms with Crippen LogP contribution in [0.25, 0.3) is 10.2 Å². The highest BCUT2D eigenvalue weighted by molar-refractivity contribution is 7.20. The average Bonchev–Trinajstić information content (AvgIpc) is 3.22. The minimum Gasteiger partial charge on any atom is -0.370 e. The summed E-state index contributed by atoms with van der Waals surface area (Å²) in [4.78, 5) is 35.6. The fourth-order valence-electron chi connectivity index (χ4n) is 4.69. The molecule has 1 aromatic carbocycles. The quantitative estimate of drug-likeness (QED) is 0.604. The Morgan fingerprint density at radius 1 is 1.16 bits per heavy atom. The summed E-state index contributed by atoms with van der Waals surface area (Å²) in [6.07, 6.45) is 5.94. The molecule has 166 valence electrons. The van der Waals surface area contributed by atoms with Gasteiger partial charge in [0.25, 0.3) is 11.8 Å². The van der Waals surface area contributed by atoms with Gasteiger partial charge in [-0.05, 0) is 55.0 Å². The summed E-state index contributed by atoms with van der Waals surface area (Å²) in [6, 6.07) is 10.0. The van der Waals surface area contributed by atoms with E-state index in [1.165, 1.54) is 35.3 Å². The van der Waals surface area contributed by atoms with Crippen LogP contribution < -0.4 is 0 Å². The lowest BCUT2D eigenvalue weighted by Crippen LogP contribution is -2.42. The summed E-state index contributed by atoms with van der Waals surface area (Å²) in [5.74, 6) is -0.0328. The van der Waals surface area contributed by atoms with Crippen molar-refractivity contribution in [2.75, 3.05) is 33.8 Å². The summed E-state index contributed by atoms with van der Waals surface area (Å²) >= 11 is 1.39. The predicted octanol–water partition coefficient (Wildman–Crippen LogP) is 4.09. The van der Waals surface area contributed by atoms with Crippen molar-refractivity contribution in [3.63, 3.8) is 0 Å². The second-order valence-electron chi connectivity index (χ2n) is 8.70. The van der Waals surface area contributed by atoms with Gasteiger partial charge in [0.1, 0.15) is 15.8 Å². The fourth-order valence-corrected chi connectivity index (χ4v) is 5.91. The number of aryl methyl sites for hydroxylation is 2. The number of hydrogen-bond acceptors (Lipinski definition) is 5. The Balaban J connectivity index is 1.45. The van der Waals surface area contributed by atoms with Crippen molar-refractivity contribution in [2.24, 2.45) is 0 Å². The Hall–Kier alpha value is -2.77. The zero-order valence-electron chi connectivity index (χ0n) is 18.5. The molecule has 0 bridgehead atoms. The van der Waals surface area contributed by atoms with Gasteiger partial charge in [-0.3, -0.25) is 9.59 Å². The average molecular weight is 450 g/mol. The molecule has 1 aliphatic carbocycles. The van der Waals surface area contributed by atoms with Crippen molar-refractivity contribution in [1.82, 2.24) is 14.8 Å². The molecule has 3 heterocycles. The number of fused-ring (bicyclic) bond motifs is 2. The number of pyridine rings is 1. The van der Waals surface area contributed by atoms with Crippen LogP contribution in [0.1, 0.15) is 55.7 Å². The van der Waals surface area contributed by atoms with Crippen LogP contribution >= 0.6 is 11.3 Å². The lowest BCUT2D eigenvalue weighted by molar-refractivity contribution is -0.0223. The lowest BCUT2D eigenvalue weighted by atomic mass is 9.90. The van der Waals surface area contributed by atoms with Crippen LogP contribution in [0.2, 0.25) is 0 Å². The van der Waals surface area contributed by atoms with Crippen molar-refractivity contribution >= 4 is 33.4 Å². The van der Waals surface area contributed by atoms with E-state index in [-0.39, 0.29) is 17.9 Å². The maximum Gasteiger partial charge on any atom is 0.263 e. The van der Waals surface area contributed by atoms with Crippen LogP contribution in [0.15, 0.2) is 36.5 Å². The van der Waals surface area contributed by atoms with E-state index in [2.05, 4.69) is 17.1 Å². The van der Waals surface area contributed by atoms with Crippen molar-refractivity contribution in [1.29, 1.82) is 0 Å². The third-order valence-electron chi connectivity index (χ3n) is 6.38. The van der Waals surface area contributed by atoms with E-state index in [9.17, 15) is 9.59 Å².